The second-order valence-electron chi connectivity index (χ2n) is 5.02. The van der Waals surface area contributed by atoms with E-state index in [0.717, 1.165) is 18.5 Å². The molecule has 2 aromatic carbocycles. The van der Waals surface area contributed by atoms with Crippen molar-refractivity contribution in [1.82, 2.24) is 5.32 Å². The van der Waals surface area contributed by atoms with Crippen molar-refractivity contribution in [2.45, 2.75) is 26.3 Å². The Morgan fingerprint density at radius 3 is 2.67 bits per heavy atom. The molecule has 0 heterocycles. The summed E-state index contributed by atoms with van der Waals surface area (Å²) in [5, 5.41) is 3.37. The van der Waals surface area contributed by atoms with Gasteiger partial charge in [0.15, 0.2) is 0 Å². The van der Waals surface area contributed by atoms with Crippen molar-refractivity contribution >= 4 is 15.9 Å². The first kappa shape index (κ1) is 16.1. The molecule has 0 saturated carbocycles. The van der Waals surface area contributed by atoms with Gasteiger partial charge in [-0.1, -0.05) is 25.1 Å². The third-order valence-electron chi connectivity index (χ3n) is 3.42. The normalized spacial score (nSPS) is 12.4. The number of hydrogen-bond acceptors (Lipinski definition) is 1. The summed E-state index contributed by atoms with van der Waals surface area (Å²) in [5.41, 5.74) is 1.57. The summed E-state index contributed by atoms with van der Waals surface area (Å²) in [6.45, 7) is 5.05. The van der Waals surface area contributed by atoms with Crippen LogP contribution in [-0.2, 0) is 0 Å². The van der Waals surface area contributed by atoms with Crippen LogP contribution in [0, 0.1) is 11.6 Å². The van der Waals surface area contributed by atoms with Gasteiger partial charge in [-0.05, 0) is 65.1 Å². The predicted molar refractivity (Wildman–Crippen MR) is 86.2 cm³/mol. The summed E-state index contributed by atoms with van der Waals surface area (Å²) in [5.74, 6) is -1.12. The molecule has 0 aliphatic carbocycles. The van der Waals surface area contributed by atoms with Crippen LogP contribution >= 0.6 is 15.9 Å². The van der Waals surface area contributed by atoms with Crippen LogP contribution in [0.4, 0.5) is 8.78 Å². The van der Waals surface area contributed by atoms with Crippen LogP contribution in [0.3, 0.4) is 0 Å². The lowest BCUT2D eigenvalue weighted by Gasteiger charge is -2.15. The summed E-state index contributed by atoms with van der Waals surface area (Å²) in [7, 11) is 0. The molecule has 21 heavy (non-hydrogen) atoms. The first-order valence-electron chi connectivity index (χ1n) is 7.01. The SMILES string of the molecule is CCCNC(C)c1cccc(-c2c(F)ccc(Br)c2F)c1. The molecule has 2 rings (SSSR count). The summed E-state index contributed by atoms with van der Waals surface area (Å²) < 4.78 is 28.4. The van der Waals surface area contributed by atoms with Gasteiger partial charge in [0.1, 0.15) is 11.6 Å². The molecule has 0 amide bonds. The summed E-state index contributed by atoms with van der Waals surface area (Å²) in [4.78, 5) is 0. The van der Waals surface area contributed by atoms with E-state index in [9.17, 15) is 8.78 Å². The Labute approximate surface area is 132 Å². The van der Waals surface area contributed by atoms with Crippen molar-refractivity contribution in [2.75, 3.05) is 6.54 Å². The fourth-order valence-corrected chi connectivity index (χ4v) is 2.56. The van der Waals surface area contributed by atoms with E-state index in [-0.39, 0.29) is 16.1 Å². The second kappa shape index (κ2) is 7.14. The van der Waals surface area contributed by atoms with Gasteiger partial charge < -0.3 is 5.32 Å². The zero-order chi connectivity index (χ0) is 15.4. The van der Waals surface area contributed by atoms with Gasteiger partial charge in [0.25, 0.3) is 0 Å². The van der Waals surface area contributed by atoms with E-state index >= 15 is 0 Å². The van der Waals surface area contributed by atoms with Crippen LogP contribution in [0.1, 0.15) is 31.9 Å². The Kier molecular flexibility index (Phi) is 5.48. The molecule has 0 aliphatic rings. The average molecular weight is 354 g/mol. The van der Waals surface area contributed by atoms with E-state index in [1.807, 2.05) is 25.1 Å². The number of hydrogen-bond donors (Lipinski definition) is 1. The van der Waals surface area contributed by atoms with E-state index in [1.165, 1.54) is 12.1 Å². The Morgan fingerprint density at radius 1 is 1.19 bits per heavy atom. The van der Waals surface area contributed by atoms with Gasteiger partial charge in [-0.2, -0.15) is 0 Å². The van der Waals surface area contributed by atoms with Crippen LogP contribution in [0.5, 0.6) is 0 Å². The van der Waals surface area contributed by atoms with Crippen molar-refractivity contribution in [2.24, 2.45) is 0 Å². The van der Waals surface area contributed by atoms with Crippen molar-refractivity contribution < 1.29 is 8.78 Å². The van der Waals surface area contributed by atoms with Crippen LogP contribution in [0.25, 0.3) is 11.1 Å². The maximum atomic E-state index is 14.2. The standard InChI is InChI=1S/C17H18BrF2N/c1-3-9-21-11(2)12-5-4-6-13(10-12)16-15(19)8-7-14(18)17(16)20/h4-8,10-11,21H,3,9H2,1-2H3. The van der Waals surface area contributed by atoms with E-state index < -0.39 is 11.6 Å². The molecule has 0 bridgehead atoms. The monoisotopic (exact) mass is 353 g/mol. The number of rotatable bonds is 5. The highest BCUT2D eigenvalue weighted by atomic mass is 79.9. The number of benzene rings is 2. The van der Waals surface area contributed by atoms with Crippen LogP contribution in [0.2, 0.25) is 0 Å². The predicted octanol–water partition coefficient (Wildman–Crippen LogP) is 5.45. The third-order valence-corrected chi connectivity index (χ3v) is 4.03. The number of halogens is 3. The van der Waals surface area contributed by atoms with Crippen molar-refractivity contribution in [1.29, 1.82) is 0 Å². The molecule has 1 nitrogen and oxygen atoms in total. The van der Waals surface area contributed by atoms with Gasteiger partial charge >= 0.3 is 0 Å². The minimum absolute atomic E-state index is 0.00826. The molecule has 0 aromatic heterocycles. The molecule has 1 unspecified atom stereocenters. The van der Waals surface area contributed by atoms with Gasteiger partial charge in [0.2, 0.25) is 0 Å². The van der Waals surface area contributed by atoms with Crippen molar-refractivity contribution in [3.8, 4) is 11.1 Å². The fourth-order valence-electron chi connectivity index (χ4n) is 2.23. The zero-order valence-corrected chi connectivity index (χ0v) is 13.7. The Balaban J connectivity index is 2.40. The molecule has 1 atom stereocenters. The molecule has 0 aliphatic heterocycles. The van der Waals surface area contributed by atoms with Crippen LogP contribution in [-0.4, -0.2) is 6.54 Å². The van der Waals surface area contributed by atoms with Crippen LogP contribution < -0.4 is 5.32 Å². The summed E-state index contributed by atoms with van der Waals surface area (Å²) in [6.07, 6.45) is 1.04. The molecular formula is C17H18BrF2N. The maximum Gasteiger partial charge on any atom is 0.148 e. The highest BCUT2D eigenvalue weighted by Gasteiger charge is 2.15. The van der Waals surface area contributed by atoms with Crippen molar-refractivity contribution in [3.63, 3.8) is 0 Å². The van der Waals surface area contributed by atoms with E-state index in [1.54, 1.807) is 6.07 Å². The molecule has 4 heteroatoms. The Hall–Kier alpha value is -1.26. The lowest BCUT2D eigenvalue weighted by Crippen LogP contribution is -2.19. The fraction of sp³-hybridized carbons (Fsp3) is 0.294. The van der Waals surface area contributed by atoms with E-state index in [4.69, 9.17) is 0 Å². The summed E-state index contributed by atoms with van der Waals surface area (Å²) >= 11 is 3.11. The molecule has 2 aromatic rings. The first-order valence-corrected chi connectivity index (χ1v) is 7.81. The van der Waals surface area contributed by atoms with Crippen LogP contribution in [0.15, 0.2) is 40.9 Å². The molecule has 1 N–H and O–H groups in total. The lowest BCUT2D eigenvalue weighted by atomic mass is 9.99. The Bertz CT molecular complexity index is 628. The van der Waals surface area contributed by atoms with Gasteiger partial charge in [-0.25, -0.2) is 8.78 Å². The smallest absolute Gasteiger partial charge is 0.148 e. The lowest BCUT2D eigenvalue weighted by molar-refractivity contribution is 0.570. The van der Waals surface area contributed by atoms with Gasteiger partial charge in [0, 0.05) is 6.04 Å². The van der Waals surface area contributed by atoms with Gasteiger partial charge in [-0.15, -0.1) is 0 Å². The third kappa shape index (κ3) is 3.69. The van der Waals surface area contributed by atoms with Gasteiger partial charge in [-0.3, -0.25) is 0 Å². The minimum Gasteiger partial charge on any atom is -0.310 e. The zero-order valence-electron chi connectivity index (χ0n) is 12.1. The first-order chi connectivity index (χ1) is 10.0. The van der Waals surface area contributed by atoms with E-state index in [0.29, 0.717) is 5.56 Å². The topological polar surface area (TPSA) is 12.0 Å². The highest BCUT2D eigenvalue weighted by molar-refractivity contribution is 9.10. The molecule has 0 saturated heterocycles. The van der Waals surface area contributed by atoms with E-state index in [2.05, 4.69) is 28.2 Å². The molecule has 0 spiro atoms. The summed E-state index contributed by atoms with van der Waals surface area (Å²) in [6, 6.07) is 10.1. The second-order valence-corrected chi connectivity index (χ2v) is 5.87. The quantitative estimate of drug-likeness (QED) is 0.704. The van der Waals surface area contributed by atoms with Crippen molar-refractivity contribution in [3.05, 3.63) is 58.1 Å². The van der Waals surface area contributed by atoms with Gasteiger partial charge in [0.05, 0.1) is 10.0 Å². The Morgan fingerprint density at radius 2 is 1.95 bits per heavy atom. The molecule has 0 fully saturated rings. The largest absolute Gasteiger partial charge is 0.310 e. The highest BCUT2D eigenvalue weighted by Crippen LogP contribution is 2.31. The molecular weight excluding hydrogens is 336 g/mol. The molecule has 0 radical (unpaired) electrons. The maximum absolute atomic E-state index is 14.2. The average Bonchev–Trinajstić information content (AvgIpc) is 2.49. The minimum atomic E-state index is -0.568. The number of nitrogens with one attached hydrogen (secondary N) is 1. The molecule has 112 valence electrons.